The maximum Gasteiger partial charge on any atom is 0.145 e. The molecule has 0 spiro atoms. The molecule has 0 aliphatic heterocycles. The first-order chi connectivity index (χ1) is 8.86. The minimum atomic E-state index is 0.939. The number of hydrogen-bond donors (Lipinski definition) is 0. The highest BCUT2D eigenvalue weighted by Gasteiger charge is 2.10. The second-order valence-electron chi connectivity index (χ2n) is 3.94. The molecule has 1 heterocycles. The fourth-order valence-electron chi connectivity index (χ4n) is 1.94. The van der Waals surface area contributed by atoms with Crippen LogP contribution in [-0.2, 0) is 0 Å². The van der Waals surface area contributed by atoms with Gasteiger partial charge in [0, 0.05) is 11.3 Å². The molecule has 3 aromatic rings. The van der Waals surface area contributed by atoms with Crippen molar-refractivity contribution in [2.45, 2.75) is 0 Å². The van der Waals surface area contributed by atoms with Crippen LogP contribution in [0, 0.1) is 0 Å². The topological polar surface area (TPSA) is 17.8 Å². The lowest BCUT2D eigenvalue weighted by atomic mass is 10.2. The van der Waals surface area contributed by atoms with Gasteiger partial charge < -0.3 is 0 Å². The molecule has 0 bridgehead atoms. The smallest absolute Gasteiger partial charge is 0.145 e. The van der Waals surface area contributed by atoms with Crippen LogP contribution in [-0.4, -0.2) is 9.55 Å². The number of imidazole rings is 1. The molecule has 0 amide bonds. The van der Waals surface area contributed by atoms with E-state index in [0.29, 0.717) is 0 Å². The molecule has 0 fully saturated rings. The summed E-state index contributed by atoms with van der Waals surface area (Å²) in [6, 6.07) is 20.4. The SMILES string of the molecule is Brc1cnc(-c2ccccc2)n1-c1ccccc1. The van der Waals surface area contributed by atoms with Crippen molar-refractivity contribution in [2.75, 3.05) is 0 Å². The van der Waals surface area contributed by atoms with E-state index in [1.807, 2.05) is 42.6 Å². The van der Waals surface area contributed by atoms with Crippen LogP contribution < -0.4 is 0 Å². The predicted octanol–water partition coefficient (Wildman–Crippen LogP) is 4.30. The minimum Gasteiger partial charge on any atom is -0.287 e. The Labute approximate surface area is 114 Å². The van der Waals surface area contributed by atoms with Crippen molar-refractivity contribution in [1.82, 2.24) is 9.55 Å². The highest BCUT2D eigenvalue weighted by atomic mass is 79.9. The molecule has 0 saturated heterocycles. The molecule has 1 aromatic heterocycles. The Hall–Kier alpha value is -1.87. The molecular formula is C15H11BrN2. The van der Waals surface area contributed by atoms with E-state index >= 15 is 0 Å². The summed E-state index contributed by atoms with van der Waals surface area (Å²) >= 11 is 3.55. The summed E-state index contributed by atoms with van der Waals surface area (Å²) < 4.78 is 3.04. The number of benzene rings is 2. The van der Waals surface area contributed by atoms with Crippen molar-refractivity contribution >= 4 is 15.9 Å². The van der Waals surface area contributed by atoms with Crippen molar-refractivity contribution in [3.8, 4) is 17.1 Å². The molecule has 0 atom stereocenters. The highest BCUT2D eigenvalue weighted by molar-refractivity contribution is 9.10. The van der Waals surface area contributed by atoms with Gasteiger partial charge in [0.2, 0.25) is 0 Å². The Bertz CT molecular complexity index is 645. The Kier molecular flexibility index (Phi) is 2.99. The van der Waals surface area contributed by atoms with E-state index in [4.69, 9.17) is 0 Å². The number of aromatic nitrogens is 2. The Balaban J connectivity index is 2.19. The normalized spacial score (nSPS) is 10.5. The van der Waals surface area contributed by atoms with Gasteiger partial charge in [0.1, 0.15) is 10.4 Å². The number of halogens is 1. The van der Waals surface area contributed by atoms with E-state index in [2.05, 4.69) is 49.7 Å². The zero-order valence-electron chi connectivity index (χ0n) is 9.62. The first kappa shape index (κ1) is 11.2. The predicted molar refractivity (Wildman–Crippen MR) is 76.7 cm³/mol. The lowest BCUT2D eigenvalue weighted by molar-refractivity contribution is 1.04. The van der Waals surface area contributed by atoms with E-state index in [9.17, 15) is 0 Å². The zero-order chi connectivity index (χ0) is 12.4. The summed E-state index contributed by atoms with van der Waals surface area (Å²) in [5.41, 5.74) is 2.20. The molecule has 88 valence electrons. The molecule has 0 saturated carbocycles. The largest absolute Gasteiger partial charge is 0.287 e. The Morgan fingerprint density at radius 2 is 1.44 bits per heavy atom. The van der Waals surface area contributed by atoms with Gasteiger partial charge in [0.15, 0.2) is 0 Å². The lowest BCUT2D eigenvalue weighted by Gasteiger charge is -2.09. The highest BCUT2D eigenvalue weighted by Crippen LogP contribution is 2.26. The molecule has 0 aliphatic carbocycles. The molecule has 0 radical (unpaired) electrons. The summed E-state index contributed by atoms with van der Waals surface area (Å²) in [4.78, 5) is 4.48. The third-order valence-electron chi connectivity index (χ3n) is 2.77. The molecule has 18 heavy (non-hydrogen) atoms. The molecule has 0 N–H and O–H groups in total. The molecular weight excluding hydrogens is 288 g/mol. The monoisotopic (exact) mass is 298 g/mol. The Morgan fingerprint density at radius 1 is 0.833 bits per heavy atom. The van der Waals surface area contributed by atoms with E-state index < -0.39 is 0 Å². The summed E-state index contributed by atoms with van der Waals surface area (Å²) in [6.45, 7) is 0. The lowest BCUT2D eigenvalue weighted by Crippen LogP contribution is -1.97. The van der Waals surface area contributed by atoms with Crippen LogP contribution in [0.15, 0.2) is 71.5 Å². The average molecular weight is 299 g/mol. The first-order valence-electron chi connectivity index (χ1n) is 5.70. The van der Waals surface area contributed by atoms with Gasteiger partial charge in [0.25, 0.3) is 0 Å². The van der Waals surface area contributed by atoms with Crippen LogP contribution in [0.3, 0.4) is 0 Å². The van der Waals surface area contributed by atoms with Crippen molar-refractivity contribution in [1.29, 1.82) is 0 Å². The van der Waals surface area contributed by atoms with Crippen LogP contribution in [0.2, 0.25) is 0 Å². The molecule has 3 rings (SSSR count). The zero-order valence-corrected chi connectivity index (χ0v) is 11.2. The van der Waals surface area contributed by atoms with Gasteiger partial charge >= 0.3 is 0 Å². The summed E-state index contributed by atoms with van der Waals surface area (Å²) in [5.74, 6) is 0.939. The van der Waals surface area contributed by atoms with Crippen LogP contribution in [0.25, 0.3) is 17.1 Å². The molecule has 2 aromatic carbocycles. The molecule has 3 heteroatoms. The average Bonchev–Trinajstić information content (AvgIpc) is 2.83. The quantitative estimate of drug-likeness (QED) is 0.690. The second kappa shape index (κ2) is 4.78. The minimum absolute atomic E-state index is 0.939. The number of nitrogens with zero attached hydrogens (tertiary/aromatic N) is 2. The van der Waals surface area contributed by atoms with Crippen LogP contribution >= 0.6 is 15.9 Å². The standard InChI is InChI=1S/C15H11BrN2/c16-14-11-17-15(12-7-3-1-4-8-12)18(14)13-9-5-2-6-10-13/h1-11H. The van der Waals surface area contributed by atoms with Crippen molar-refractivity contribution < 1.29 is 0 Å². The van der Waals surface area contributed by atoms with Crippen molar-refractivity contribution in [3.63, 3.8) is 0 Å². The summed E-state index contributed by atoms with van der Waals surface area (Å²) in [6.07, 6.45) is 1.83. The van der Waals surface area contributed by atoms with Gasteiger partial charge in [0.05, 0.1) is 6.20 Å². The number of para-hydroxylation sites is 1. The van der Waals surface area contributed by atoms with Crippen LogP contribution in [0.1, 0.15) is 0 Å². The van der Waals surface area contributed by atoms with Crippen LogP contribution in [0.4, 0.5) is 0 Å². The maximum absolute atomic E-state index is 4.48. The van der Waals surface area contributed by atoms with Gasteiger partial charge in [-0.1, -0.05) is 48.5 Å². The van der Waals surface area contributed by atoms with Crippen LogP contribution in [0.5, 0.6) is 0 Å². The molecule has 0 unspecified atom stereocenters. The Morgan fingerprint density at radius 3 is 2.11 bits per heavy atom. The number of rotatable bonds is 2. The molecule has 0 aliphatic rings. The summed E-state index contributed by atoms with van der Waals surface area (Å²) in [5, 5.41) is 0. The summed E-state index contributed by atoms with van der Waals surface area (Å²) in [7, 11) is 0. The van der Waals surface area contributed by atoms with Crippen molar-refractivity contribution in [3.05, 3.63) is 71.5 Å². The maximum atomic E-state index is 4.48. The fraction of sp³-hybridized carbons (Fsp3) is 0. The van der Waals surface area contributed by atoms with E-state index in [1.54, 1.807) is 0 Å². The first-order valence-corrected chi connectivity index (χ1v) is 6.49. The third-order valence-corrected chi connectivity index (χ3v) is 3.32. The molecule has 2 nitrogen and oxygen atoms in total. The van der Waals surface area contributed by atoms with Gasteiger partial charge in [-0.2, -0.15) is 0 Å². The number of hydrogen-bond acceptors (Lipinski definition) is 1. The van der Waals surface area contributed by atoms with Crippen molar-refractivity contribution in [2.24, 2.45) is 0 Å². The van der Waals surface area contributed by atoms with Gasteiger partial charge in [-0.15, -0.1) is 0 Å². The van der Waals surface area contributed by atoms with E-state index in [1.165, 1.54) is 0 Å². The second-order valence-corrected chi connectivity index (χ2v) is 4.75. The third kappa shape index (κ3) is 1.97. The fourth-order valence-corrected chi connectivity index (χ4v) is 2.42. The van der Waals surface area contributed by atoms with E-state index in [0.717, 1.165) is 21.7 Å². The van der Waals surface area contributed by atoms with Gasteiger partial charge in [-0.3, -0.25) is 4.57 Å². The van der Waals surface area contributed by atoms with Gasteiger partial charge in [-0.25, -0.2) is 4.98 Å². The van der Waals surface area contributed by atoms with Gasteiger partial charge in [-0.05, 0) is 28.1 Å². The van der Waals surface area contributed by atoms with E-state index in [-0.39, 0.29) is 0 Å².